The van der Waals surface area contributed by atoms with Crippen LogP contribution in [0, 0.1) is 11.3 Å². The molecule has 1 unspecified atom stereocenters. The van der Waals surface area contributed by atoms with E-state index in [-0.39, 0.29) is 6.04 Å². The zero-order valence-corrected chi connectivity index (χ0v) is 9.54. The van der Waals surface area contributed by atoms with Crippen LogP contribution >= 0.6 is 11.3 Å². The summed E-state index contributed by atoms with van der Waals surface area (Å²) in [6.07, 6.45) is 5.02. The normalized spacial score (nSPS) is 20.5. The molecule has 0 aliphatic carbocycles. The first-order valence-corrected chi connectivity index (χ1v) is 6.38. The number of likely N-dealkylation sites (tertiary alicyclic amines) is 1. The molecule has 0 aromatic carbocycles. The fraction of sp³-hybridized carbons (Fsp3) is 0.636. The summed E-state index contributed by atoms with van der Waals surface area (Å²) in [5.74, 6) is 0. The first-order valence-electron chi connectivity index (χ1n) is 5.43. The molecule has 0 N–H and O–H groups in total. The van der Waals surface area contributed by atoms with Gasteiger partial charge in [-0.2, -0.15) is 5.26 Å². The molecule has 1 aromatic rings. The Morgan fingerprint density at radius 2 is 2.07 bits per heavy atom. The summed E-state index contributed by atoms with van der Waals surface area (Å²) in [7, 11) is 0. The second-order valence-corrected chi connectivity index (χ2v) is 4.61. The summed E-state index contributed by atoms with van der Waals surface area (Å²) in [6.45, 7) is 2.07. The Bertz CT molecular complexity index is 320. The molecule has 0 amide bonds. The van der Waals surface area contributed by atoms with Gasteiger partial charge in [-0.1, -0.05) is 12.8 Å². The summed E-state index contributed by atoms with van der Waals surface area (Å²) in [6, 6.07) is 2.24. The van der Waals surface area contributed by atoms with Crippen molar-refractivity contribution in [1.29, 1.82) is 5.26 Å². The molecule has 1 atom stereocenters. The number of rotatable bonds is 2. The minimum atomic E-state index is -0.130. The third-order valence-electron chi connectivity index (χ3n) is 2.86. The molecule has 80 valence electrons. The van der Waals surface area contributed by atoms with E-state index in [2.05, 4.69) is 16.0 Å². The van der Waals surface area contributed by atoms with Crippen molar-refractivity contribution >= 4 is 11.3 Å². The molecule has 2 rings (SSSR count). The zero-order valence-electron chi connectivity index (χ0n) is 8.72. The third kappa shape index (κ3) is 2.55. The van der Waals surface area contributed by atoms with Gasteiger partial charge in [0.05, 0.1) is 17.3 Å². The van der Waals surface area contributed by atoms with Gasteiger partial charge < -0.3 is 0 Å². The van der Waals surface area contributed by atoms with E-state index in [9.17, 15) is 5.26 Å². The minimum Gasteiger partial charge on any atom is -0.283 e. The van der Waals surface area contributed by atoms with Crippen molar-refractivity contribution < 1.29 is 0 Å². The SMILES string of the molecule is N#CC(c1cscn1)N1CCCCCC1. The molecule has 0 saturated carbocycles. The van der Waals surface area contributed by atoms with Gasteiger partial charge in [0, 0.05) is 5.38 Å². The lowest BCUT2D eigenvalue weighted by Crippen LogP contribution is -2.29. The van der Waals surface area contributed by atoms with Crippen LogP contribution < -0.4 is 0 Å². The van der Waals surface area contributed by atoms with Crippen LogP contribution in [-0.4, -0.2) is 23.0 Å². The van der Waals surface area contributed by atoms with Crippen LogP contribution in [0.5, 0.6) is 0 Å². The van der Waals surface area contributed by atoms with Crippen LogP contribution in [-0.2, 0) is 0 Å². The summed E-state index contributed by atoms with van der Waals surface area (Å²) >= 11 is 1.56. The van der Waals surface area contributed by atoms with E-state index < -0.39 is 0 Å². The molecule has 1 aromatic heterocycles. The topological polar surface area (TPSA) is 39.9 Å². The Hall–Kier alpha value is -0.920. The van der Waals surface area contributed by atoms with E-state index in [4.69, 9.17) is 0 Å². The maximum Gasteiger partial charge on any atom is 0.141 e. The van der Waals surface area contributed by atoms with Crippen molar-refractivity contribution in [2.75, 3.05) is 13.1 Å². The Balaban J connectivity index is 2.09. The van der Waals surface area contributed by atoms with Gasteiger partial charge in [-0.25, -0.2) is 4.98 Å². The monoisotopic (exact) mass is 221 g/mol. The van der Waals surface area contributed by atoms with Crippen molar-refractivity contribution in [3.8, 4) is 6.07 Å². The number of hydrogen-bond donors (Lipinski definition) is 0. The highest BCUT2D eigenvalue weighted by Gasteiger charge is 2.22. The van der Waals surface area contributed by atoms with Gasteiger partial charge in [0.15, 0.2) is 0 Å². The number of aromatic nitrogens is 1. The highest BCUT2D eigenvalue weighted by molar-refractivity contribution is 7.07. The largest absolute Gasteiger partial charge is 0.283 e. The van der Waals surface area contributed by atoms with Gasteiger partial charge in [0.2, 0.25) is 0 Å². The zero-order chi connectivity index (χ0) is 10.5. The smallest absolute Gasteiger partial charge is 0.141 e. The van der Waals surface area contributed by atoms with Crippen molar-refractivity contribution in [2.24, 2.45) is 0 Å². The maximum atomic E-state index is 9.21. The lowest BCUT2D eigenvalue weighted by Gasteiger charge is -2.23. The molecule has 15 heavy (non-hydrogen) atoms. The van der Waals surface area contributed by atoms with Crippen LogP contribution in [0.1, 0.15) is 37.4 Å². The number of nitriles is 1. The average molecular weight is 221 g/mol. The lowest BCUT2D eigenvalue weighted by molar-refractivity contribution is 0.243. The van der Waals surface area contributed by atoms with Gasteiger partial charge >= 0.3 is 0 Å². The van der Waals surface area contributed by atoms with Gasteiger partial charge in [-0.05, 0) is 25.9 Å². The van der Waals surface area contributed by atoms with Crippen molar-refractivity contribution in [3.63, 3.8) is 0 Å². The molecule has 1 saturated heterocycles. The van der Waals surface area contributed by atoms with Crippen LogP contribution in [0.25, 0.3) is 0 Å². The summed E-state index contributed by atoms with van der Waals surface area (Å²) < 4.78 is 0. The van der Waals surface area contributed by atoms with Crippen LogP contribution in [0.15, 0.2) is 10.9 Å². The van der Waals surface area contributed by atoms with E-state index >= 15 is 0 Å². The standard InChI is InChI=1S/C11H15N3S/c12-7-11(10-8-15-9-13-10)14-5-3-1-2-4-6-14/h8-9,11H,1-6H2. The molecule has 2 heterocycles. The number of thiazole rings is 1. The Morgan fingerprint density at radius 3 is 2.60 bits per heavy atom. The van der Waals surface area contributed by atoms with Crippen LogP contribution in [0.2, 0.25) is 0 Å². The molecule has 1 aliphatic heterocycles. The minimum absolute atomic E-state index is 0.130. The molecular weight excluding hydrogens is 206 g/mol. The highest BCUT2D eigenvalue weighted by Crippen LogP contribution is 2.23. The quantitative estimate of drug-likeness (QED) is 0.770. The van der Waals surface area contributed by atoms with Crippen LogP contribution in [0.4, 0.5) is 0 Å². The summed E-state index contributed by atoms with van der Waals surface area (Å²) in [4.78, 5) is 6.51. The molecule has 1 aliphatic rings. The predicted molar refractivity (Wildman–Crippen MR) is 60.5 cm³/mol. The van der Waals surface area contributed by atoms with E-state index in [0.29, 0.717) is 0 Å². The Morgan fingerprint density at radius 1 is 1.33 bits per heavy atom. The number of nitrogens with zero attached hydrogens (tertiary/aromatic N) is 3. The van der Waals surface area contributed by atoms with E-state index in [1.165, 1.54) is 25.7 Å². The fourth-order valence-corrected chi connectivity index (χ4v) is 2.62. The Labute approximate surface area is 94.4 Å². The molecule has 4 heteroatoms. The Kier molecular flexibility index (Phi) is 3.70. The average Bonchev–Trinajstić information content (AvgIpc) is 2.63. The highest BCUT2D eigenvalue weighted by atomic mass is 32.1. The fourth-order valence-electron chi connectivity index (χ4n) is 2.05. The summed E-state index contributed by atoms with van der Waals surface area (Å²) in [5.41, 5.74) is 2.72. The van der Waals surface area contributed by atoms with E-state index in [1.54, 1.807) is 16.8 Å². The third-order valence-corrected chi connectivity index (χ3v) is 3.46. The molecular formula is C11H15N3S. The second-order valence-electron chi connectivity index (χ2n) is 3.90. The lowest BCUT2D eigenvalue weighted by atomic mass is 10.2. The maximum absolute atomic E-state index is 9.21. The van der Waals surface area contributed by atoms with Crippen LogP contribution in [0.3, 0.4) is 0 Å². The van der Waals surface area contributed by atoms with Gasteiger partial charge in [-0.3, -0.25) is 4.90 Å². The van der Waals surface area contributed by atoms with E-state index in [1.807, 2.05) is 5.38 Å². The first-order chi connectivity index (χ1) is 7.42. The molecule has 0 bridgehead atoms. The van der Waals surface area contributed by atoms with E-state index in [0.717, 1.165) is 18.8 Å². The predicted octanol–water partition coefficient (Wildman–Crippen LogP) is 2.58. The second kappa shape index (κ2) is 5.24. The first kappa shape index (κ1) is 10.6. The molecule has 1 fully saturated rings. The molecule has 3 nitrogen and oxygen atoms in total. The van der Waals surface area contributed by atoms with Gasteiger partial charge in [0.25, 0.3) is 0 Å². The van der Waals surface area contributed by atoms with Crippen molar-refractivity contribution in [1.82, 2.24) is 9.88 Å². The van der Waals surface area contributed by atoms with Crippen molar-refractivity contribution in [2.45, 2.75) is 31.7 Å². The molecule has 0 radical (unpaired) electrons. The summed E-state index contributed by atoms with van der Waals surface area (Å²) in [5, 5.41) is 11.2. The van der Waals surface area contributed by atoms with Gasteiger partial charge in [0.1, 0.15) is 6.04 Å². The number of hydrogen-bond acceptors (Lipinski definition) is 4. The molecule has 0 spiro atoms. The van der Waals surface area contributed by atoms with Crippen molar-refractivity contribution in [3.05, 3.63) is 16.6 Å². The van der Waals surface area contributed by atoms with Gasteiger partial charge in [-0.15, -0.1) is 11.3 Å².